The molecule has 2 aliphatic carbocycles. The Morgan fingerprint density at radius 2 is 1.31 bits per heavy atom. The van der Waals surface area contributed by atoms with Gasteiger partial charge in [-0.2, -0.15) is 0 Å². The number of aromatic amines is 2. The first-order chi connectivity index (χ1) is 33.5. The fourth-order valence-electron chi connectivity index (χ4n) is 10.8. The normalized spacial score (nSPS) is 18.8. The molecule has 0 spiro atoms. The predicted octanol–water partition coefficient (Wildman–Crippen LogP) is 8.85. The molecule has 2 heterocycles. The second-order valence-electron chi connectivity index (χ2n) is 19.5. The van der Waals surface area contributed by atoms with Crippen molar-refractivity contribution in [2.24, 2.45) is 0 Å². The van der Waals surface area contributed by atoms with Crippen LogP contribution in [0.4, 0.5) is 17.2 Å². The lowest BCUT2D eigenvalue weighted by atomic mass is 9.88. The maximum atomic E-state index is 13.7. The standard InChI is InChI=1S/C54H79Cl2N9O5/c1-11-38-30-50(67)45(31-58-52(68)43-26-36(55)28-47(34(43)6)64(12-2)41-19-15-39(16-20-41)62(8)9)51(61-38)57-23-24-63(10)40-17-21-42(22-18-40)65(13-3)48-29-37(56)27-44(35(48)7)53(69)59-32-46-49(66)25-33(5)60-54(46)70-14-4/h25-30,39-42,52,58,68H,11-24,31-32H2,1-10H3,(H,59,69)(H,60,66)(H2,57,61,67). The Hall–Kier alpha value is -4.57. The first-order valence-corrected chi connectivity index (χ1v) is 26.3. The van der Waals surface area contributed by atoms with Gasteiger partial charge in [0.2, 0.25) is 0 Å². The summed E-state index contributed by atoms with van der Waals surface area (Å²) in [6.45, 7) is 17.5. The van der Waals surface area contributed by atoms with Crippen molar-refractivity contribution in [3.63, 3.8) is 0 Å². The number of hydrogen-bond donors (Lipinski definition) is 6. The third-order valence-corrected chi connectivity index (χ3v) is 15.3. The molecule has 70 heavy (non-hydrogen) atoms. The summed E-state index contributed by atoms with van der Waals surface area (Å²) in [5, 5.41) is 22.5. The van der Waals surface area contributed by atoms with E-state index in [1.807, 2.05) is 39.0 Å². The minimum Gasteiger partial charge on any atom is -0.479 e. The molecular formula is C54H79Cl2N9O5. The first-order valence-electron chi connectivity index (χ1n) is 25.5. The van der Waals surface area contributed by atoms with Crippen LogP contribution in [0.2, 0.25) is 10.0 Å². The topological polar surface area (TPSA) is 161 Å². The smallest absolute Gasteiger partial charge is 0.251 e. The van der Waals surface area contributed by atoms with E-state index in [4.69, 9.17) is 27.9 Å². The van der Waals surface area contributed by atoms with Crippen molar-refractivity contribution >= 4 is 46.3 Å². The Bertz CT molecular complexity index is 2510. The van der Waals surface area contributed by atoms with Crippen LogP contribution in [-0.2, 0) is 19.5 Å². The average molecular weight is 1010 g/mol. The Balaban J connectivity index is 1.05. The summed E-state index contributed by atoms with van der Waals surface area (Å²) in [5.41, 5.74) is 7.15. The molecule has 6 N–H and O–H groups in total. The van der Waals surface area contributed by atoms with Crippen molar-refractivity contribution in [3.05, 3.63) is 112 Å². The van der Waals surface area contributed by atoms with Crippen LogP contribution in [0.1, 0.15) is 135 Å². The summed E-state index contributed by atoms with van der Waals surface area (Å²) in [6.07, 6.45) is 8.13. The molecule has 0 aliphatic heterocycles. The van der Waals surface area contributed by atoms with E-state index in [-0.39, 0.29) is 35.9 Å². The maximum absolute atomic E-state index is 13.7. The number of aliphatic hydroxyl groups excluding tert-OH is 1. The minimum atomic E-state index is -1.04. The number of carbonyl (C=O) groups is 1. The largest absolute Gasteiger partial charge is 0.479 e. The van der Waals surface area contributed by atoms with Crippen LogP contribution in [-0.4, -0.2) is 109 Å². The highest BCUT2D eigenvalue weighted by molar-refractivity contribution is 6.31. The zero-order valence-electron chi connectivity index (χ0n) is 43.3. The van der Waals surface area contributed by atoms with Crippen LogP contribution in [0.25, 0.3) is 0 Å². The highest BCUT2D eigenvalue weighted by Gasteiger charge is 2.31. The molecule has 0 radical (unpaired) electrons. The van der Waals surface area contributed by atoms with Gasteiger partial charge in [0.05, 0.1) is 24.3 Å². The maximum Gasteiger partial charge on any atom is 0.251 e. The Morgan fingerprint density at radius 1 is 0.743 bits per heavy atom. The van der Waals surface area contributed by atoms with Crippen molar-refractivity contribution in [3.8, 4) is 5.88 Å². The van der Waals surface area contributed by atoms with Gasteiger partial charge < -0.3 is 50.0 Å². The molecule has 0 bridgehead atoms. The van der Waals surface area contributed by atoms with E-state index in [1.165, 1.54) is 6.07 Å². The van der Waals surface area contributed by atoms with E-state index in [1.54, 1.807) is 19.1 Å². The number of aryl methyl sites for hydroxylation is 2. The zero-order valence-corrected chi connectivity index (χ0v) is 44.8. The second-order valence-corrected chi connectivity index (χ2v) is 20.4. The Labute approximate surface area is 425 Å². The molecule has 1 atom stereocenters. The molecule has 14 nitrogen and oxygen atoms in total. The van der Waals surface area contributed by atoms with Gasteiger partial charge in [-0.1, -0.05) is 30.1 Å². The molecule has 2 aliphatic rings. The van der Waals surface area contributed by atoms with Crippen LogP contribution in [0.5, 0.6) is 5.88 Å². The SMILES string of the molecule is CCOc1[nH]c(C)cc(=O)c1CNC(=O)c1cc(Cl)cc(N(CC)C2CCC(N(C)CCNc3[nH]c(CC)cc(=O)c3CNC(O)c3cc(Cl)cc(N(CC)C4CCC(N(C)C)CC4)c3C)CC2)c1C. The van der Waals surface area contributed by atoms with Gasteiger partial charge in [0.15, 0.2) is 16.7 Å². The number of H-pyrrole nitrogens is 2. The molecule has 2 saturated carbocycles. The molecule has 4 aromatic rings. The van der Waals surface area contributed by atoms with Gasteiger partial charge in [-0.3, -0.25) is 19.7 Å². The summed E-state index contributed by atoms with van der Waals surface area (Å²) in [5.74, 6) is 0.723. The molecule has 0 saturated heterocycles. The average Bonchev–Trinajstić information content (AvgIpc) is 3.33. The number of nitrogens with zero attached hydrogens (tertiary/aromatic N) is 4. The van der Waals surface area contributed by atoms with Crippen molar-refractivity contribution < 1.29 is 14.6 Å². The molecule has 1 unspecified atom stereocenters. The first kappa shape index (κ1) is 54.8. The van der Waals surface area contributed by atoms with E-state index >= 15 is 0 Å². The highest BCUT2D eigenvalue weighted by atomic mass is 35.5. The number of ether oxygens (including phenoxy) is 1. The minimum absolute atomic E-state index is 0.0174. The lowest BCUT2D eigenvalue weighted by molar-refractivity contribution is 0.0949. The number of likely N-dealkylation sites (N-methyl/N-ethyl adjacent to an activating group) is 1. The lowest BCUT2D eigenvalue weighted by Crippen LogP contribution is -2.44. The Kier molecular flexibility index (Phi) is 19.7. The number of pyridine rings is 2. The number of amides is 1. The molecule has 384 valence electrons. The summed E-state index contributed by atoms with van der Waals surface area (Å²) >= 11 is 13.5. The van der Waals surface area contributed by atoms with Gasteiger partial charge in [-0.25, -0.2) is 0 Å². The number of aromatic nitrogens is 2. The van der Waals surface area contributed by atoms with E-state index in [0.29, 0.717) is 87.4 Å². The van der Waals surface area contributed by atoms with E-state index in [0.717, 1.165) is 99.2 Å². The van der Waals surface area contributed by atoms with Crippen LogP contribution in [0, 0.1) is 20.8 Å². The molecule has 2 aromatic heterocycles. The van der Waals surface area contributed by atoms with Crippen molar-refractivity contribution in [1.82, 2.24) is 30.4 Å². The number of hydrogen-bond acceptors (Lipinski definition) is 11. The van der Waals surface area contributed by atoms with Crippen molar-refractivity contribution in [2.45, 2.75) is 150 Å². The van der Waals surface area contributed by atoms with Crippen molar-refractivity contribution in [1.29, 1.82) is 0 Å². The third kappa shape index (κ3) is 13.3. The second kappa shape index (κ2) is 25.2. The van der Waals surface area contributed by atoms with Gasteiger partial charge in [0.25, 0.3) is 5.91 Å². The number of nitrogens with one attached hydrogen (secondary N) is 5. The van der Waals surface area contributed by atoms with Crippen molar-refractivity contribution in [2.75, 3.05) is 69.0 Å². The number of halogens is 2. The lowest BCUT2D eigenvalue weighted by Gasteiger charge is -2.41. The molecular weight excluding hydrogens is 926 g/mol. The summed E-state index contributed by atoms with van der Waals surface area (Å²) in [6, 6.07) is 12.3. The van der Waals surface area contributed by atoms with Gasteiger partial charge in [0.1, 0.15) is 12.0 Å². The Morgan fingerprint density at radius 3 is 1.90 bits per heavy atom. The number of anilines is 3. The molecule has 6 rings (SSSR count). The van der Waals surface area contributed by atoms with Gasteiger partial charge >= 0.3 is 0 Å². The summed E-state index contributed by atoms with van der Waals surface area (Å²) in [4.78, 5) is 56.3. The van der Waals surface area contributed by atoms with Crippen LogP contribution >= 0.6 is 23.2 Å². The highest BCUT2D eigenvalue weighted by Crippen LogP contribution is 2.37. The van der Waals surface area contributed by atoms with Gasteiger partial charge in [-0.15, -0.1) is 0 Å². The van der Waals surface area contributed by atoms with Crippen LogP contribution < -0.4 is 41.3 Å². The third-order valence-electron chi connectivity index (χ3n) is 14.9. The summed E-state index contributed by atoms with van der Waals surface area (Å²) in [7, 11) is 6.49. The fourth-order valence-corrected chi connectivity index (χ4v) is 11.2. The monoisotopic (exact) mass is 1000 g/mol. The van der Waals surface area contributed by atoms with Crippen LogP contribution in [0.15, 0.2) is 46.0 Å². The molecule has 16 heteroatoms. The molecule has 2 fully saturated rings. The number of rotatable bonds is 22. The van der Waals surface area contributed by atoms with Gasteiger partial charge in [0, 0.05) is 113 Å². The van der Waals surface area contributed by atoms with Crippen LogP contribution in [0.3, 0.4) is 0 Å². The van der Waals surface area contributed by atoms with E-state index in [9.17, 15) is 19.5 Å². The quantitative estimate of drug-likeness (QED) is 0.0418. The summed E-state index contributed by atoms with van der Waals surface area (Å²) < 4.78 is 5.68. The number of carbonyl (C=O) groups excluding carboxylic acids is 1. The van der Waals surface area contributed by atoms with Gasteiger partial charge in [-0.05, 0) is 156 Å². The fraction of sp³-hybridized carbons (Fsp3) is 0.574. The van der Waals surface area contributed by atoms with E-state index < -0.39 is 6.23 Å². The predicted molar refractivity (Wildman–Crippen MR) is 288 cm³/mol. The molecule has 2 aromatic carbocycles. The molecule has 1 amide bonds. The zero-order chi connectivity index (χ0) is 50.8. The number of aliphatic hydroxyl groups is 1. The van der Waals surface area contributed by atoms with E-state index in [2.05, 4.69) is 87.4 Å². The number of benzene rings is 2.